The van der Waals surface area contributed by atoms with E-state index in [1.165, 1.54) is 0 Å². The first kappa shape index (κ1) is 12.6. The fourth-order valence-electron chi connectivity index (χ4n) is 1.43. The highest BCUT2D eigenvalue weighted by Gasteiger charge is 2.08. The van der Waals surface area contributed by atoms with Crippen molar-refractivity contribution >= 4 is 5.91 Å². The molecule has 0 fully saturated rings. The molecule has 1 N–H and O–H groups in total. The zero-order valence-electron chi connectivity index (χ0n) is 10.3. The molecule has 0 aliphatic carbocycles. The molecule has 0 aromatic heterocycles. The van der Waals surface area contributed by atoms with E-state index in [1.807, 2.05) is 39.0 Å². The topological polar surface area (TPSA) is 38.3 Å². The molecule has 88 valence electrons. The quantitative estimate of drug-likeness (QED) is 0.847. The molecular formula is C13H19NO2. The minimum Gasteiger partial charge on any atom is -0.496 e. The van der Waals surface area contributed by atoms with Gasteiger partial charge in [-0.25, -0.2) is 0 Å². The van der Waals surface area contributed by atoms with Crippen molar-refractivity contribution in [3.8, 4) is 5.75 Å². The molecule has 1 rings (SSSR count). The van der Waals surface area contributed by atoms with E-state index >= 15 is 0 Å². The number of ether oxygens (including phenoxy) is 1. The summed E-state index contributed by atoms with van der Waals surface area (Å²) in [5, 5.41) is 2.88. The Morgan fingerprint density at radius 2 is 2.12 bits per heavy atom. The molecule has 16 heavy (non-hydrogen) atoms. The highest BCUT2D eigenvalue weighted by molar-refractivity contribution is 5.77. The number of hydrogen-bond acceptors (Lipinski definition) is 2. The Bertz CT molecular complexity index is 372. The molecule has 0 saturated heterocycles. The fraction of sp³-hybridized carbons (Fsp3) is 0.462. The SMILES string of the molecule is COc1ccc(C)cc1CNC(=O)C(C)C. The van der Waals surface area contributed by atoms with E-state index in [9.17, 15) is 4.79 Å². The number of nitrogens with one attached hydrogen (secondary N) is 1. The van der Waals surface area contributed by atoms with Crippen molar-refractivity contribution in [3.63, 3.8) is 0 Å². The maximum atomic E-state index is 11.4. The summed E-state index contributed by atoms with van der Waals surface area (Å²) in [7, 11) is 1.64. The molecule has 0 aliphatic heterocycles. The van der Waals surface area contributed by atoms with Crippen LogP contribution in [0.15, 0.2) is 18.2 Å². The van der Waals surface area contributed by atoms with Crippen molar-refractivity contribution in [2.75, 3.05) is 7.11 Å². The van der Waals surface area contributed by atoms with E-state index in [-0.39, 0.29) is 11.8 Å². The van der Waals surface area contributed by atoms with Crippen LogP contribution in [0.25, 0.3) is 0 Å². The molecule has 0 unspecified atom stereocenters. The van der Waals surface area contributed by atoms with Crippen molar-refractivity contribution in [1.82, 2.24) is 5.32 Å². The zero-order valence-corrected chi connectivity index (χ0v) is 10.3. The minimum atomic E-state index is 0.0100. The van der Waals surface area contributed by atoms with Crippen LogP contribution in [-0.4, -0.2) is 13.0 Å². The second-order valence-corrected chi connectivity index (χ2v) is 4.19. The van der Waals surface area contributed by atoms with Gasteiger partial charge in [0.15, 0.2) is 0 Å². The summed E-state index contributed by atoms with van der Waals surface area (Å²) in [5.74, 6) is 0.883. The van der Waals surface area contributed by atoms with Gasteiger partial charge in [-0.3, -0.25) is 4.79 Å². The van der Waals surface area contributed by atoms with Gasteiger partial charge in [0, 0.05) is 18.0 Å². The van der Waals surface area contributed by atoms with Gasteiger partial charge in [-0.15, -0.1) is 0 Å². The second kappa shape index (κ2) is 5.54. The van der Waals surface area contributed by atoms with Gasteiger partial charge in [0.05, 0.1) is 7.11 Å². The van der Waals surface area contributed by atoms with Crippen LogP contribution in [-0.2, 0) is 11.3 Å². The van der Waals surface area contributed by atoms with Crippen LogP contribution in [0.2, 0.25) is 0 Å². The molecule has 0 heterocycles. The lowest BCUT2D eigenvalue weighted by Crippen LogP contribution is -2.27. The average Bonchev–Trinajstić information content (AvgIpc) is 2.25. The van der Waals surface area contributed by atoms with Crippen LogP contribution in [0.3, 0.4) is 0 Å². The van der Waals surface area contributed by atoms with Crippen molar-refractivity contribution < 1.29 is 9.53 Å². The summed E-state index contributed by atoms with van der Waals surface area (Å²) >= 11 is 0. The van der Waals surface area contributed by atoms with Crippen LogP contribution in [0, 0.1) is 12.8 Å². The number of amides is 1. The highest BCUT2D eigenvalue weighted by Crippen LogP contribution is 2.19. The van der Waals surface area contributed by atoms with Crippen molar-refractivity contribution in [2.45, 2.75) is 27.3 Å². The first-order chi connectivity index (χ1) is 7.54. The lowest BCUT2D eigenvalue weighted by Gasteiger charge is -2.11. The van der Waals surface area contributed by atoms with Crippen LogP contribution < -0.4 is 10.1 Å². The Kier molecular flexibility index (Phi) is 4.35. The predicted molar refractivity (Wildman–Crippen MR) is 64.4 cm³/mol. The van der Waals surface area contributed by atoms with Gasteiger partial charge in [0.2, 0.25) is 5.91 Å². The molecule has 0 spiro atoms. The molecular weight excluding hydrogens is 202 g/mol. The summed E-state index contributed by atoms with van der Waals surface area (Å²) in [6.07, 6.45) is 0. The minimum absolute atomic E-state index is 0.0100. The molecule has 1 aromatic carbocycles. The number of carbonyl (C=O) groups is 1. The van der Waals surface area contributed by atoms with Gasteiger partial charge < -0.3 is 10.1 Å². The number of hydrogen-bond donors (Lipinski definition) is 1. The van der Waals surface area contributed by atoms with Crippen LogP contribution in [0.4, 0.5) is 0 Å². The Hall–Kier alpha value is -1.51. The third kappa shape index (κ3) is 3.26. The molecule has 1 amide bonds. The molecule has 1 aromatic rings. The molecule has 3 nitrogen and oxygen atoms in total. The van der Waals surface area contributed by atoms with Crippen molar-refractivity contribution in [2.24, 2.45) is 5.92 Å². The second-order valence-electron chi connectivity index (χ2n) is 4.19. The first-order valence-corrected chi connectivity index (χ1v) is 5.46. The van der Waals surface area contributed by atoms with E-state index < -0.39 is 0 Å². The molecule has 0 radical (unpaired) electrons. The third-order valence-electron chi connectivity index (χ3n) is 2.41. The molecule has 0 saturated carbocycles. The lowest BCUT2D eigenvalue weighted by atomic mass is 10.1. The molecule has 0 aliphatic rings. The molecule has 0 bridgehead atoms. The van der Waals surface area contributed by atoms with Crippen LogP contribution in [0.1, 0.15) is 25.0 Å². The van der Waals surface area contributed by atoms with Gasteiger partial charge in [0.1, 0.15) is 5.75 Å². The maximum Gasteiger partial charge on any atom is 0.222 e. The average molecular weight is 221 g/mol. The number of benzene rings is 1. The Balaban J connectivity index is 2.72. The monoisotopic (exact) mass is 221 g/mol. The predicted octanol–water partition coefficient (Wildman–Crippen LogP) is 2.28. The highest BCUT2D eigenvalue weighted by atomic mass is 16.5. The standard InChI is InChI=1S/C13H19NO2/c1-9(2)13(15)14-8-11-7-10(3)5-6-12(11)16-4/h5-7,9H,8H2,1-4H3,(H,14,15). The lowest BCUT2D eigenvalue weighted by molar-refractivity contribution is -0.124. The molecule has 3 heteroatoms. The number of carbonyl (C=O) groups excluding carboxylic acids is 1. The largest absolute Gasteiger partial charge is 0.496 e. The Labute approximate surface area is 96.8 Å². The number of aryl methyl sites for hydroxylation is 1. The van der Waals surface area contributed by atoms with E-state index in [2.05, 4.69) is 5.32 Å². The zero-order chi connectivity index (χ0) is 12.1. The summed E-state index contributed by atoms with van der Waals surface area (Å²) < 4.78 is 5.24. The smallest absolute Gasteiger partial charge is 0.222 e. The van der Waals surface area contributed by atoms with E-state index in [0.717, 1.165) is 16.9 Å². The summed E-state index contributed by atoms with van der Waals surface area (Å²) in [6.45, 7) is 6.29. The first-order valence-electron chi connectivity index (χ1n) is 5.46. The van der Waals surface area contributed by atoms with Gasteiger partial charge in [-0.05, 0) is 13.0 Å². The van der Waals surface area contributed by atoms with Crippen molar-refractivity contribution in [1.29, 1.82) is 0 Å². The Morgan fingerprint density at radius 3 is 2.69 bits per heavy atom. The third-order valence-corrected chi connectivity index (χ3v) is 2.41. The van der Waals surface area contributed by atoms with E-state index in [4.69, 9.17) is 4.74 Å². The van der Waals surface area contributed by atoms with Gasteiger partial charge in [-0.1, -0.05) is 31.5 Å². The number of rotatable bonds is 4. The maximum absolute atomic E-state index is 11.4. The van der Waals surface area contributed by atoms with Crippen LogP contribution >= 0.6 is 0 Å². The van der Waals surface area contributed by atoms with E-state index in [1.54, 1.807) is 7.11 Å². The number of methoxy groups -OCH3 is 1. The normalized spacial score (nSPS) is 10.3. The van der Waals surface area contributed by atoms with Crippen molar-refractivity contribution in [3.05, 3.63) is 29.3 Å². The van der Waals surface area contributed by atoms with Crippen LogP contribution in [0.5, 0.6) is 5.75 Å². The fourth-order valence-corrected chi connectivity index (χ4v) is 1.43. The van der Waals surface area contributed by atoms with Gasteiger partial charge in [-0.2, -0.15) is 0 Å². The Morgan fingerprint density at radius 1 is 1.44 bits per heavy atom. The summed E-state index contributed by atoms with van der Waals surface area (Å²) in [6, 6.07) is 5.94. The van der Waals surface area contributed by atoms with E-state index in [0.29, 0.717) is 6.54 Å². The van der Waals surface area contributed by atoms with Gasteiger partial charge >= 0.3 is 0 Å². The summed E-state index contributed by atoms with van der Waals surface area (Å²) in [5.41, 5.74) is 2.17. The molecule has 0 atom stereocenters. The van der Waals surface area contributed by atoms with Gasteiger partial charge in [0.25, 0.3) is 0 Å². The summed E-state index contributed by atoms with van der Waals surface area (Å²) in [4.78, 5) is 11.4.